The maximum atomic E-state index is 12.7. The third-order valence-electron chi connectivity index (χ3n) is 5.39. The van der Waals surface area contributed by atoms with Gasteiger partial charge >= 0.3 is 0 Å². The largest absolute Gasteiger partial charge is 0.397 e. The van der Waals surface area contributed by atoms with Gasteiger partial charge in [-0.05, 0) is 62.7 Å². The zero-order chi connectivity index (χ0) is 14.9. The van der Waals surface area contributed by atoms with Crippen LogP contribution in [-0.4, -0.2) is 19.0 Å². The Kier molecular flexibility index (Phi) is 3.66. The fraction of sp³-hybridized carbons (Fsp3) is 0.588. The van der Waals surface area contributed by atoms with Crippen molar-refractivity contribution in [2.75, 3.05) is 24.1 Å². The van der Waals surface area contributed by atoms with Crippen molar-refractivity contribution < 1.29 is 4.79 Å². The van der Waals surface area contributed by atoms with Crippen molar-refractivity contribution in [3.63, 3.8) is 0 Å². The zero-order valence-electron chi connectivity index (χ0n) is 12.7. The molecule has 114 valence electrons. The average Bonchev–Trinajstić information content (AvgIpc) is 2.80. The molecule has 1 saturated carbocycles. The Labute approximate surface area is 126 Å². The fourth-order valence-corrected chi connectivity index (χ4v) is 4.01. The minimum Gasteiger partial charge on any atom is -0.397 e. The molecule has 1 saturated heterocycles. The van der Waals surface area contributed by atoms with E-state index in [1.165, 1.54) is 19.3 Å². The number of piperidine rings is 1. The van der Waals surface area contributed by atoms with Crippen molar-refractivity contribution in [3.8, 4) is 0 Å². The lowest BCUT2D eigenvalue weighted by Gasteiger charge is -2.35. The molecule has 1 aromatic rings. The molecule has 1 heterocycles. The van der Waals surface area contributed by atoms with Crippen LogP contribution in [0.4, 0.5) is 11.4 Å². The van der Waals surface area contributed by atoms with Crippen molar-refractivity contribution in [2.45, 2.75) is 39.0 Å². The molecule has 1 aromatic carbocycles. The second-order valence-corrected chi connectivity index (χ2v) is 7.03. The van der Waals surface area contributed by atoms with Gasteiger partial charge in [-0.1, -0.05) is 19.1 Å². The maximum Gasteiger partial charge on any atom is 0.230 e. The van der Waals surface area contributed by atoms with Crippen LogP contribution in [-0.2, 0) is 4.79 Å². The molecule has 1 unspecified atom stereocenters. The molecular weight excluding hydrogens is 262 g/mol. The van der Waals surface area contributed by atoms with E-state index >= 15 is 0 Å². The minimum absolute atomic E-state index is 0.121. The van der Waals surface area contributed by atoms with Crippen LogP contribution in [0.15, 0.2) is 24.3 Å². The van der Waals surface area contributed by atoms with Crippen LogP contribution in [0.1, 0.15) is 39.0 Å². The Balaban J connectivity index is 1.71. The summed E-state index contributed by atoms with van der Waals surface area (Å²) < 4.78 is 0. The number of para-hydroxylation sites is 2. The summed E-state index contributed by atoms with van der Waals surface area (Å²) in [6.45, 7) is 4.28. The standard InChI is InChI=1S/C17H25N3O/c1-16(6-7-17(12-16)8-10-19-11-9-17)15(21)20-14-5-3-2-4-13(14)18/h2-5,19H,6-12,18H2,1H3,(H,20,21). The molecule has 1 atom stereocenters. The summed E-state index contributed by atoms with van der Waals surface area (Å²) in [6.07, 6.45) is 5.54. The Bertz CT molecular complexity index is 537. The van der Waals surface area contributed by atoms with Crippen molar-refractivity contribution in [1.29, 1.82) is 0 Å². The van der Waals surface area contributed by atoms with E-state index in [0.717, 1.165) is 31.6 Å². The van der Waals surface area contributed by atoms with Crippen LogP contribution in [0.2, 0.25) is 0 Å². The molecule has 2 fully saturated rings. The molecule has 1 aliphatic carbocycles. The number of nitrogens with one attached hydrogen (secondary N) is 2. The van der Waals surface area contributed by atoms with Gasteiger partial charge in [0.25, 0.3) is 0 Å². The van der Waals surface area contributed by atoms with Gasteiger partial charge in [-0.15, -0.1) is 0 Å². The van der Waals surface area contributed by atoms with E-state index in [-0.39, 0.29) is 11.3 Å². The molecule has 0 radical (unpaired) electrons. The predicted molar refractivity (Wildman–Crippen MR) is 86.0 cm³/mol. The number of benzene rings is 1. The monoisotopic (exact) mass is 287 g/mol. The van der Waals surface area contributed by atoms with Crippen molar-refractivity contribution in [1.82, 2.24) is 5.32 Å². The summed E-state index contributed by atoms with van der Waals surface area (Å²) in [5.74, 6) is 0.121. The lowest BCUT2D eigenvalue weighted by molar-refractivity contribution is -0.125. The zero-order valence-corrected chi connectivity index (χ0v) is 12.7. The maximum absolute atomic E-state index is 12.7. The second-order valence-electron chi connectivity index (χ2n) is 7.03. The lowest BCUT2D eigenvalue weighted by atomic mass is 9.74. The van der Waals surface area contributed by atoms with Crippen LogP contribution >= 0.6 is 0 Å². The van der Waals surface area contributed by atoms with Gasteiger partial charge in [-0.2, -0.15) is 0 Å². The first-order chi connectivity index (χ1) is 10.0. The van der Waals surface area contributed by atoms with E-state index < -0.39 is 0 Å². The highest BCUT2D eigenvalue weighted by atomic mass is 16.2. The van der Waals surface area contributed by atoms with Gasteiger partial charge in [0.05, 0.1) is 11.4 Å². The van der Waals surface area contributed by atoms with Crippen LogP contribution in [0.5, 0.6) is 0 Å². The van der Waals surface area contributed by atoms with E-state index in [1.54, 1.807) is 0 Å². The highest BCUT2D eigenvalue weighted by Gasteiger charge is 2.49. The van der Waals surface area contributed by atoms with Crippen molar-refractivity contribution in [3.05, 3.63) is 24.3 Å². The molecule has 0 bridgehead atoms. The van der Waals surface area contributed by atoms with Gasteiger partial charge in [0.15, 0.2) is 0 Å². The first-order valence-corrected chi connectivity index (χ1v) is 7.90. The summed E-state index contributed by atoms with van der Waals surface area (Å²) in [5, 5.41) is 6.46. The summed E-state index contributed by atoms with van der Waals surface area (Å²) >= 11 is 0. The number of carbonyl (C=O) groups excluding carboxylic acids is 1. The lowest BCUT2D eigenvalue weighted by Crippen LogP contribution is -2.38. The third-order valence-corrected chi connectivity index (χ3v) is 5.39. The molecule has 2 aliphatic rings. The fourth-order valence-electron chi connectivity index (χ4n) is 4.01. The first-order valence-electron chi connectivity index (χ1n) is 7.90. The minimum atomic E-state index is -0.264. The topological polar surface area (TPSA) is 67.2 Å². The Morgan fingerprint density at radius 2 is 1.90 bits per heavy atom. The molecular formula is C17H25N3O. The normalized spacial score (nSPS) is 27.7. The molecule has 1 amide bonds. The van der Waals surface area contributed by atoms with Crippen molar-refractivity contribution >= 4 is 17.3 Å². The molecule has 0 aromatic heterocycles. The van der Waals surface area contributed by atoms with Gasteiger partial charge in [0.1, 0.15) is 0 Å². The first kappa shape index (κ1) is 14.4. The molecule has 4 heteroatoms. The van der Waals surface area contributed by atoms with E-state index in [1.807, 2.05) is 24.3 Å². The van der Waals surface area contributed by atoms with Gasteiger partial charge in [0.2, 0.25) is 5.91 Å². The smallest absolute Gasteiger partial charge is 0.230 e. The Morgan fingerprint density at radius 1 is 1.19 bits per heavy atom. The molecule has 21 heavy (non-hydrogen) atoms. The van der Waals surface area contributed by atoms with Crippen LogP contribution in [0.3, 0.4) is 0 Å². The number of nitrogen functional groups attached to an aromatic ring is 1. The number of carbonyl (C=O) groups is 1. The third kappa shape index (κ3) is 2.77. The average molecular weight is 287 g/mol. The van der Waals surface area contributed by atoms with E-state index in [2.05, 4.69) is 17.6 Å². The number of hydrogen-bond donors (Lipinski definition) is 3. The molecule has 4 nitrogen and oxygen atoms in total. The van der Waals surface area contributed by atoms with E-state index in [9.17, 15) is 4.79 Å². The summed E-state index contributed by atoms with van der Waals surface area (Å²) in [6, 6.07) is 7.47. The summed E-state index contributed by atoms with van der Waals surface area (Å²) in [7, 11) is 0. The molecule has 4 N–H and O–H groups in total. The van der Waals surface area contributed by atoms with E-state index in [4.69, 9.17) is 5.73 Å². The van der Waals surface area contributed by atoms with Crippen LogP contribution in [0.25, 0.3) is 0 Å². The molecule has 1 aliphatic heterocycles. The predicted octanol–water partition coefficient (Wildman–Crippen LogP) is 2.77. The number of anilines is 2. The van der Waals surface area contributed by atoms with Crippen molar-refractivity contribution in [2.24, 2.45) is 10.8 Å². The van der Waals surface area contributed by atoms with Gasteiger partial charge in [-0.3, -0.25) is 4.79 Å². The van der Waals surface area contributed by atoms with Crippen LogP contribution in [0, 0.1) is 10.8 Å². The number of rotatable bonds is 2. The highest BCUT2D eigenvalue weighted by molar-refractivity contribution is 5.97. The highest BCUT2D eigenvalue weighted by Crippen LogP contribution is 2.54. The molecule has 3 rings (SSSR count). The number of hydrogen-bond acceptors (Lipinski definition) is 3. The number of amides is 1. The summed E-state index contributed by atoms with van der Waals surface area (Å²) in [4.78, 5) is 12.7. The number of nitrogens with two attached hydrogens (primary N) is 1. The quantitative estimate of drug-likeness (QED) is 0.733. The summed E-state index contributed by atoms with van der Waals surface area (Å²) in [5.41, 5.74) is 7.39. The Morgan fingerprint density at radius 3 is 2.62 bits per heavy atom. The van der Waals surface area contributed by atoms with E-state index in [0.29, 0.717) is 11.1 Å². The van der Waals surface area contributed by atoms with Gasteiger partial charge < -0.3 is 16.4 Å². The van der Waals surface area contributed by atoms with Crippen LogP contribution < -0.4 is 16.4 Å². The van der Waals surface area contributed by atoms with Gasteiger partial charge in [-0.25, -0.2) is 0 Å². The van der Waals surface area contributed by atoms with Gasteiger partial charge in [0, 0.05) is 5.41 Å². The SMILES string of the molecule is CC1(C(=O)Nc2ccccc2N)CCC2(CCNCC2)C1. The molecule has 1 spiro atoms. The second kappa shape index (κ2) is 5.34. The Hall–Kier alpha value is -1.55.